The lowest BCUT2D eigenvalue weighted by Crippen LogP contribution is -2.51. The Kier molecular flexibility index (Phi) is 5.75. The predicted octanol–water partition coefficient (Wildman–Crippen LogP) is 0.934. The molecule has 9 heteroatoms. The van der Waals surface area contributed by atoms with Crippen LogP contribution in [0.15, 0.2) is 21.7 Å². The van der Waals surface area contributed by atoms with Gasteiger partial charge in [-0.15, -0.1) is 11.3 Å². The summed E-state index contributed by atoms with van der Waals surface area (Å²) in [6.07, 6.45) is 3.69. The third-order valence-corrected chi connectivity index (χ3v) is 7.93. The molecule has 0 aromatic carbocycles. The minimum Gasteiger partial charge on any atom is -0.354 e. The summed E-state index contributed by atoms with van der Waals surface area (Å²) in [4.78, 5) is 24.6. The number of hydrogen-bond donors (Lipinski definition) is 2. The minimum absolute atomic E-state index is 0.148. The van der Waals surface area contributed by atoms with E-state index in [-0.39, 0.29) is 18.4 Å². The van der Waals surface area contributed by atoms with Gasteiger partial charge < -0.3 is 10.6 Å². The Labute approximate surface area is 151 Å². The molecule has 138 valence electrons. The molecule has 2 aliphatic rings. The maximum atomic E-state index is 12.6. The maximum absolute atomic E-state index is 12.6. The number of thiophene rings is 1. The van der Waals surface area contributed by atoms with Crippen LogP contribution in [0.4, 0.5) is 0 Å². The van der Waals surface area contributed by atoms with E-state index in [1.807, 2.05) is 0 Å². The summed E-state index contributed by atoms with van der Waals surface area (Å²) in [5, 5.41) is 7.34. The molecule has 0 spiro atoms. The summed E-state index contributed by atoms with van der Waals surface area (Å²) in [7, 11) is -3.54. The van der Waals surface area contributed by atoms with Crippen molar-refractivity contribution in [1.82, 2.24) is 14.9 Å². The third-order valence-electron chi connectivity index (χ3n) is 4.70. The van der Waals surface area contributed by atoms with Crippen LogP contribution in [0, 0.1) is 5.92 Å². The molecule has 2 saturated heterocycles. The fraction of sp³-hybridized carbons (Fsp3) is 0.625. The summed E-state index contributed by atoms with van der Waals surface area (Å²) in [6, 6.07) is 2.77. The highest BCUT2D eigenvalue weighted by Crippen LogP contribution is 2.26. The molecule has 0 unspecified atom stereocenters. The molecular formula is C16H23N3O4S2. The second kappa shape index (κ2) is 7.84. The van der Waals surface area contributed by atoms with Gasteiger partial charge >= 0.3 is 0 Å². The second-order valence-electron chi connectivity index (χ2n) is 6.48. The van der Waals surface area contributed by atoms with Gasteiger partial charge in [-0.05, 0) is 43.6 Å². The molecule has 2 atom stereocenters. The molecule has 25 heavy (non-hydrogen) atoms. The van der Waals surface area contributed by atoms with Crippen molar-refractivity contribution >= 4 is 33.2 Å². The van der Waals surface area contributed by atoms with Gasteiger partial charge in [-0.25, -0.2) is 8.42 Å². The van der Waals surface area contributed by atoms with E-state index in [1.54, 1.807) is 17.5 Å². The Balaban J connectivity index is 1.64. The van der Waals surface area contributed by atoms with Crippen LogP contribution in [0.2, 0.25) is 0 Å². The summed E-state index contributed by atoms with van der Waals surface area (Å²) in [5.74, 6) is -0.794. The maximum Gasteiger partial charge on any atom is 0.252 e. The van der Waals surface area contributed by atoms with Crippen LogP contribution in [0.3, 0.4) is 0 Å². The SMILES string of the molecule is O=C(N[C@@H]1CCCCNC1=O)[C@H]1CCCN(S(=O)(=O)c2cccs2)C1. The van der Waals surface area contributed by atoms with Crippen LogP contribution in [0.1, 0.15) is 32.1 Å². The van der Waals surface area contributed by atoms with E-state index in [9.17, 15) is 18.0 Å². The number of carbonyl (C=O) groups excluding carboxylic acids is 2. The Morgan fingerprint density at radius 2 is 2.12 bits per heavy atom. The lowest BCUT2D eigenvalue weighted by molar-refractivity contribution is -0.131. The smallest absolute Gasteiger partial charge is 0.252 e. The van der Waals surface area contributed by atoms with Gasteiger partial charge in [0.2, 0.25) is 11.8 Å². The fourth-order valence-corrected chi connectivity index (χ4v) is 5.95. The number of hydrogen-bond acceptors (Lipinski definition) is 5. The van der Waals surface area contributed by atoms with Crippen molar-refractivity contribution in [2.24, 2.45) is 5.92 Å². The van der Waals surface area contributed by atoms with Crippen LogP contribution in [0.5, 0.6) is 0 Å². The van der Waals surface area contributed by atoms with Gasteiger partial charge in [0.25, 0.3) is 10.0 Å². The van der Waals surface area contributed by atoms with Gasteiger partial charge in [0.1, 0.15) is 10.3 Å². The van der Waals surface area contributed by atoms with Crippen LogP contribution < -0.4 is 10.6 Å². The minimum atomic E-state index is -3.54. The van der Waals surface area contributed by atoms with Gasteiger partial charge in [-0.1, -0.05) is 6.07 Å². The molecule has 2 amide bonds. The van der Waals surface area contributed by atoms with Crippen molar-refractivity contribution in [3.63, 3.8) is 0 Å². The van der Waals surface area contributed by atoms with E-state index in [2.05, 4.69) is 10.6 Å². The molecule has 3 heterocycles. The molecule has 1 aromatic rings. The number of amides is 2. The van der Waals surface area contributed by atoms with Gasteiger partial charge in [-0.2, -0.15) is 4.31 Å². The zero-order valence-corrected chi connectivity index (χ0v) is 15.6. The number of nitrogens with zero attached hydrogens (tertiary/aromatic N) is 1. The number of carbonyl (C=O) groups is 2. The first-order valence-corrected chi connectivity index (χ1v) is 10.9. The van der Waals surface area contributed by atoms with Gasteiger partial charge in [-0.3, -0.25) is 9.59 Å². The molecule has 0 bridgehead atoms. The molecule has 2 aliphatic heterocycles. The van der Waals surface area contributed by atoms with E-state index in [1.165, 1.54) is 15.6 Å². The van der Waals surface area contributed by atoms with Crippen molar-refractivity contribution in [2.75, 3.05) is 19.6 Å². The predicted molar refractivity (Wildman–Crippen MR) is 94.6 cm³/mol. The average Bonchev–Trinajstić information content (AvgIpc) is 3.08. The lowest BCUT2D eigenvalue weighted by Gasteiger charge is -2.31. The quantitative estimate of drug-likeness (QED) is 0.806. The van der Waals surface area contributed by atoms with Crippen molar-refractivity contribution in [1.29, 1.82) is 0 Å². The lowest BCUT2D eigenvalue weighted by atomic mass is 9.98. The highest BCUT2D eigenvalue weighted by atomic mass is 32.2. The van der Waals surface area contributed by atoms with Crippen molar-refractivity contribution in [2.45, 2.75) is 42.4 Å². The zero-order valence-electron chi connectivity index (χ0n) is 13.9. The number of sulfonamides is 1. The molecule has 7 nitrogen and oxygen atoms in total. The highest BCUT2D eigenvalue weighted by Gasteiger charge is 2.35. The van der Waals surface area contributed by atoms with Crippen molar-refractivity contribution in [3.05, 3.63) is 17.5 Å². The summed E-state index contributed by atoms with van der Waals surface area (Å²) in [5.41, 5.74) is 0. The highest BCUT2D eigenvalue weighted by molar-refractivity contribution is 7.91. The zero-order chi connectivity index (χ0) is 17.9. The summed E-state index contributed by atoms with van der Waals surface area (Å²) >= 11 is 1.18. The van der Waals surface area contributed by atoms with E-state index >= 15 is 0 Å². The number of piperidine rings is 1. The first-order chi connectivity index (χ1) is 12.0. The van der Waals surface area contributed by atoms with Crippen LogP contribution >= 0.6 is 11.3 Å². The molecule has 0 aliphatic carbocycles. The molecular weight excluding hydrogens is 362 g/mol. The second-order valence-corrected chi connectivity index (χ2v) is 9.59. The van der Waals surface area contributed by atoms with Crippen molar-refractivity contribution in [3.8, 4) is 0 Å². The molecule has 0 saturated carbocycles. The van der Waals surface area contributed by atoms with Gasteiger partial charge in [0.15, 0.2) is 0 Å². The number of nitrogens with one attached hydrogen (secondary N) is 2. The van der Waals surface area contributed by atoms with Gasteiger partial charge in [0, 0.05) is 19.6 Å². The Bertz CT molecular complexity index is 718. The van der Waals surface area contributed by atoms with E-state index in [0.717, 1.165) is 12.8 Å². The van der Waals surface area contributed by atoms with Gasteiger partial charge in [0.05, 0.1) is 5.92 Å². The largest absolute Gasteiger partial charge is 0.354 e. The molecule has 1 aromatic heterocycles. The fourth-order valence-electron chi connectivity index (χ4n) is 3.28. The Morgan fingerprint density at radius 1 is 1.28 bits per heavy atom. The monoisotopic (exact) mass is 385 g/mol. The molecule has 2 fully saturated rings. The third kappa shape index (κ3) is 4.21. The Hall–Kier alpha value is -1.45. The van der Waals surface area contributed by atoms with E-state index in [4.69, 9.17) is 0 Å². The van der Waals surface area contributed by atoms with Crippen molar-refractivity contribution < 1.29 is 18.0 Å². The molecule has 2 N–H and O–H groups in total. The summed E-state index contributed by atoms with van der Waals surface area (Å²) in [6.45, 7) is 1.23. The average molecular weight is 386 g/mol. The topological polar surface area (TPSA) is 95.6 Å². The van der Waals surface area contributed by atoms with E-state index in [0.29, 0.717) is 36.6 Å². The van der Waals surface area contributed by atoms with Crippen LogP contribution in [0.25, 0.3) is 0 Å². The number of rotatable bonds is 4. The molecule has 0 radical (unpaired) electrons. The van der Waals surface area contributed by atoms with E-state index < -0.39 is 22.0 Å². The Morgan fingerprint density at radius 3 is 2.88 bits per heavy atom. The van der Waals surface area contributed by atoms with Crippen LogP contribution in [-0.2, 0) is 19.6 Å². The first-order valence-electron chi connectivity index (χ1n) is 8.60. The molecule has 3 rings (SSSR count). The van der Waals surface area contributed by atoms with Crippen LogP contribution in [-0.4, -0.2) is 50.2 Å². The standard InChI is InChI=1S/C16H23N3O4S2/c20-15(18-13-6-1-2-8-17-16(13)21)12-5-3-9-19(11-12)25(22,23)14-7-4-10-24-14/h4,7,10,12-13H,1-3,5-6,8-9,11H2,(H,17,21)(H,18,20)/t12-,13+/m0/s1. The normalized spacial score (nSPS) is 25.8. The first kappa shape index (κ1) is 18.3. The summed E-state index contributed by atoms with van der Waals surface area (Å²) < 4.78 is 27.0.